The van der Waals surface area contributed by atoms with Crippen LogP contribution in [0.15, 0.2) is 29.5 Å². The Bertz CT molecular complexity index is 1290. The van der Waals surface area contributed by atoms with Crippen molar-refractivity contribution in [2.24, 2.45) is 0 Å². The van der Waals surface area contributed by atoms with Crippen LogP contribution in [0.25, 0.3) is 10.9 Å². The predicted molar refractivity (Wildman–Crippen MR) is 116 cm³/mol. The number of rotatable bonds is 4. The molecule has 2 aromatic heterocycles. The summed E-state index contributed by atoms with van der Waals surface area (Å²) in [6.45, 7) is 3.29. The second-order valence-electron chi connectivity index (χ2n) is 8.10. The van der Waals surface area contributed by atoms with Crippen LogP contribution < -0.4 is 26.1 Å². The molecular formula is C21H21FN6O4. The molecule has 4 N–H and O–H groups in total. The van der Waals surface area contributed by atoms with Crippen molar-refractivity contribution in [3.63, 3.8) is 0 Å². The highest BCUT2D eigenvalue weighted by Gasteiger charge is 2.31. The third-order valence-corrected chi connectivity index (χ3v) is 5.87. The Labute approximate surface area is 181 Å². The van der Waals surface area contributed by atoms with E-state index in [2.05, 4.69) is 15.3 Å². The molecule has 1 saturated heterocycles. The molecule has 3 aromatic rings. The molecule has 0 aliphatic carbocycles. The molecule has 0 radical (unpaired) electrons. The van der Waals surface area contributed by atoms with Crippen molar-refractivity contribution in [3.8, 4) is 5.75 Å². The van der Waals surface area contributed by atoms with E-state index in [4.69, 9.17) is 10.5 Å². The molecule has 1 aromatic carbocycles. The largest absolute Gasteiger partial charge is 0.487 e. The lowest BCUT2D eigenvalue weighted by molar-refractivity contribution is 0.0694. The van der Waals surface area contributed by atoms with Crippen LogP contribution >= 0.6 is 0 Å². The molecule has 5 rings (SSSR count). The molecule has 4 heterocycles. The summed E-state index contributed by atoms with van der Waals surface area (Å²) in [5.41, 5.74) is 5.53. The minimum atomic E-state index is -1.35. The summed E-state index contributed by atoms with van der Waals surface area (Å²) in [6.07, 6.45) is 5.10. The molecule has 166 valence electrons. The average Bonchev–Trinajstić information content (AvgIpc) is 3.23. The number of carboxylic acids is 1. The number of nitrogens with zero attached hydrogens (tertiary/aromatic N) is 4. The average molecular weight is 440 g/mol. The van der Waals surface area contributed by atoms with Crippen molar-refractivity contribution in [1.29, 1.82) is 0 Å². The van der Waals surface area contributed by atoms with Crippen molar-refractivity contribution >= 4 is 34.2 Å². The lowest BCUT2D eigenvalue weighted by Gasteiger charge is -2.29. The maximum Gasteiger partial charge on any atom is 0.341 e. The third kappa shape index (κ3) is 3.17. The Kier molecular flexibility index (Phi) is 4.61. The molecule has 2 aliphatic heterocycles. The highest BCUT2D eigenvalue weighted by atomic mass is 19.1. The van der Waals surface area contributed by atoms with E-state index < -0.39 is 22.8 Å². The summed E-state index contributed by atoms with van der Waals surface area (Å²) < 4.78 is 22.7. The zero-order chi connectivity index (χ0) is 22.6. The van der Waals surface area contributed by atoms with E-state index in [0.717, 1.165) is 6.07 Å². The number of benzene rings is 1. The van der Waals surface area contributed by atoms with Gasteiger partial charge in [0.25, 0.3) is 0 Å². The smallest absolute Gasteiger partial charge is 0.341 e. The molecule has 2 atom stereocenters. The van der Waals surface area contributed by atoms with E-state index in [1.807, 2.05) is 11.8 Å². The lowest BCUT2D eigenvalue weighted by Crippen LogP contribution is -2.30. The summed E-state index contributed by atoms with van der Waals surface area (Å²) in [7, 11) is 0. The topological polar surface area (TPSA) is 136 Å². The quantitative estimate of drug-likeness (QED) is 0.555. The van der Waals surface area contributed by atoms with E-state index in [1.165, 1.54) is 18.6 Å². The SMILES string of the molecule is C[C@H]1COc2c(N[C@H]3CCN(c4ncc(N)cn4)C3)c(F)cc3c(=O)c(C(=O)O)cn1c23. The van der Waals surface area contributed by atoms with Gasteiger partial charge in [-0.3, -0.25) is 4.79 Å². The number of ether oxygens (including phenoxy) is 1. The second kappa shape index (κ2) is 7.36. The highest BCUT2D eigenvalue weighted by molar-refractivity contribution is 5.97. The maximum atomic E-state index is 15.2. The van der Waals surface area contributed by atoms with Gasteiger partial charge in [0.15, 0.2) is 11.6 Å². The number of hydrogen-bond acceptors (Lipinski definition) is 8. The molecule has 0 bridgehead atoms. The fourth-order valence-electron chi connectivity index (χ4n) is 4.27. The molecule has 11 heteroatoms. The van der Waals surface area contributed by atoms with Crippen LogP contribution in [-0.4, -0.2) is 51.3 Å². The molecule has 0 unspecified atom stereocenters. The van der Waals surface area contributed by atoms with Crippen molar-refractivity contribution in [2.45, 2.75) is 25.4 Å². The minimum absolute atomic E-state index is 0.0159. The molecule has 0 amide bonds. The molecule has 10 nitrogen and oxygen atoms in total. The number of carbonyl (C=O) groups is 1. The summed E-state index contributed by atoms with van der Waals surface area (Å²) >= 11 is 0. The fraction of sp³-hybridized carbons (Fsp3) is 0.333. The first-order valence-electron chi connectivity index (χ1n) is 10.2. The van der Waals surface area contributed by atoms with Gasteiger partial charge in [-0.05, 0) is 19.4 Å². The normalized spacial score (nSPS) is 19.8. The number of nitrogens with one attached hydrogen (secondary N) is 1. The molecule has 0 saturated carbocycles. The van der Waals surface area contributed by atoms with E-state index in [9.17, 15) is 14.7 Å². The molecule has 0 spiro atoms. The number of nitrogen functional groups attached to an aromatic ring is 1. The molecular weight excluding hydrogens is 419 g/mol. The van der Waals surface area contributed by atoms with Crippen LogP contribution in [0.4, 0.5) is 21.7 Å². The van der Waals surface area contributed by atoms with E-state index in [1.54, 1.807) is 4.57 Å². The van der Waals surface area contributed by atoms with Gasteiger partial charge in [-0.15, -0.1) is 0 Å². The number of hydrogen-bond donors (Lipinski definition) is 3. The van der Waals surface area contributed by atoms with Gasteiger partial charge in [-0.2, -0.15) is 0 Å². The minimum Gasteiger partial charge on any atom is -0.487 e. The van der Waals surface area contributed by atoms with Crippen molar-refractivity contribution < 1.29 is 19.0 Å². The van der Waals surface area contributed by atoms with Crippen LogP contribution in [0, 0.1) is 5.82 Å². The first-order valence-corrected chi connectivity index (χ1v) is 10.2. The number of aromatic nitrogens is 3. The highest BCUT2D eigenvalue weighted by Crippen LogP contribution is 2.40. The summed E-state index contributed by atoms with van der Waals surface area (Å²) in [4.78, 5) is 34.6. The number of carboxylic acid groups (broad SMARTS) is 1. The Morgan fingerprint density at radius 3 is 2.84 bits per heavy atom. The van der Waals surface area contributed by atoms with Crippen molar-refractivity contribution in [1.82, 2.24) is 14.5 Å². The zero-order valence-electron chi connectivity index (χ0n) is 17.2. The van der Waals surface area contributed by atoms with E-state index >= 15 is 4.39 Å². The zero-order valence-corrected chi connectivity index (χ0v) is 17.2. The summed E-state index contributed by atoms with van der Waals surface area (Å²) in [5.74, 6) is -1.26. The number of halogens is 1. The van der Waals surface area contributed by atoms with Crippen LogP contribution in [0.1, 0.15) is 29.7 Å². The third-order valence-electron chi connectivity index (χ3n) is 5.87. The Balaban J connectivity index is 1.52. The van der Waals surface area contributed by atoms with Crippen LogP contribution in [0.3, 0.4) is 0 Å². The Hall–Kier alpha value is -3.89. The van der Waals surface area contributed by atoms with Crippen molar-refractivity contribution in [3.05, 3.63) is 46.3 Å². The predicted octanol–water partition coefficient (Wildman–Crippen LogP) is 1.86. The van der Waals surface area contributed by atoms with Gasteiger partial charge in [0.05, 0.1) is 35.0 Å². The standard InChI is InChI=1S/C21H21FN6O4/c1-10-9-32-19-16(26-12-2-3-27(7-12)21-24-5-11(23)6-25-21)15(22)4-13-17(19)28(10)8-14(18(13)29)20(30)31/h4-6,8,10,12,26H,2-3,7,9,23H2,1H3,(H,30,31)/t10-,12-/m0/s1. The van der Waals surface area contributed by atoms with E-state index in [0.29, 0.717) is 36.7 Å². The molecule has 2 aliphatic rings. The summed E-state index contributed by atoms with van der Waals surface area (Å²) in [6, 6.07) is 0.760. The van der Waals surface area contributed by atoms with Crippen LogP contribution in [-0.2, 0) is 0 Å². The number of anilines is 3. The van der Waals surface area contributed by atoms with Crippen molar-refractivity contribution in [2.75, 3.05) is 35.6 Å². The fourth-order valence-corrected chi connectivity index (χ4v) is 4.27. The lowest BCUT2D eigenvalue weighted by atomic mass is 10.1. The van der Waals surface area contributed by atoms with Gasteiger partial charge >= 0.3 is 5.97 Å². The van der Waals surface area contributed by atoms with Gasteiger partial charge in [0.1, 0.15) is 17.9 Å². The van der Waals surface area contributed by atoms with Crippen LogP contribution in [0.5, 0.6) is 5.75 Å². The number of aromatic carboxylic acids is 1. The van der Waals surface area contributed by atoms with Gasteiger partial charge in [-0.1, -0.05) is 0 Å². The maximum absolute atomic E-state index is 15.2. The Morgan fingerprint density at radius 1 is 1.38 bits per heavy atom. The monoisotopic (exact) mass is 440 g/mol. The second-order valence-corrected chi connectivity index (χ2v) is 8.10. The van der Waals surface area contributed by atoms with Gasteiger partial charge in [0, 0.05) is 25.3 Å². The molecule has 32 heavy (non-hydrogen) atoms. The van der Waals surface area contributed by atoms with Crippen LogP contribution in [0.2, 0.25) is 0 Å². The number of nitrogens with two attached hydrogens (primary N) is 1. The first kappa shape index (κ1) is 20.0. The molecule has 1 fully saturated rings. The van der Waals surface area contributed by atoms with E-state index in [-0.39, 0.29) is 35.5 Å². The Morgan fingerprint density at radius 2 is 2.12 bits per heavy atom. The van der Waals surface area contributed by atoms with Gasteiger partial charge in [-0.25, -0.2) is 19.2 Å². The van der Waals surface area contributed by atoms with Gasteiger partial charge in [0.2, 0.25) is 11.4 Å². The van der Waals surface area contributed by atoms with Gasteiger partial charge < -0.3 is 30.4 Å². The first-order chi connectivity index (χ1) is 15.3. The summed E-state index contributed by atoms with van der Waals surface area (Å²) in [5, 5.41) is 12.6. The number of pyridine rings is 1.